The van der Waals surface area contributed by atoms with E-state index >= 15 is 0 Å². The van der Waals surface area contributed by atoms with Gasteiger partial charge in [0, 0.05) is 6.04 Å². The fraction of sp³-hybridized carbons (Fsp3) is 0.235. The van der Waals surface area contributed by atoms with Crippen molar-refractivity contribution < 1.29 is 4.79 Å². The molecule has 2 aromatic heterocycles. The first-order valence-corrected chi connectivity index (χ1v) is 9.46. The Morgan fingerprint density at radius 2 is 2.08 bits per heavy atom. The summed E-state index contributed by atoms with van der Waals surface area (Å²) in [6, 6.07) is 11.6. The molecule has 0 unspecified atom stereocenters. The van der Waals surface area contributed by atoms with Crippen LogP contribution in [0.15, 0.2) is 51.7 Å². The van der Waals surface area contributed by atoms with Gasteiger partial charge in [0.1, 0.15) is 10.1 Å². The molecule has 2 N–H and O–H groups in total. The van der Waals surface area contributed by atoms with Gasteiger partial charge in [-0.15, -0.1) is 11.3 Å². The molecule has 1 saturated carbocycles. The van der Waals surface area contributed by atoms with Crippen molar-refractivity contribution in [2.45, 2.75) is 29.3 Å². The van der Waals surface area contributed by atoms with Gasteiger partial charge >= 0.3 is 0 Å². The molecule has 0 radical (unpaired) electrons. The molecule has 1 fully saturated rings. The number of nitrogens with zero attached hydrogens (tertiary/aromatic N) is 1. The van der Waals surface area contributed by atoms with Crippen LogP contribution in [0, 0.1) is 0 Å². The molecule has 5 nitrogen and oxygen atoms in total. The van der Waals surface area contributed by atoms with Gasteiger partial charge in [-0.2, -0.15) is 0 Å². The van der Waals surface area contributed by atoms with E-state index in [1.54, 1.807) is 6.07 Å². The average molecular weight is 357 g/mol. The van der Waals surface area contributed by atoms with Crippen molar-refractivity contribution in [2.75, 3.05) is 0 Å². The van der Waals surface area contributed by atoms with Crippen LogP contribution < -0.4 is 10.9 Å². The Bertz CT molecular complexity index is 932. The number of amides is 1. The van der Waals surface area contributed by atoms with Crippen molar-refractivity contribution in [3.8, 4) is 0 Å². The van der Waals surface area contributed by atoms with E-state index in [-0.39, 0.29) is 17.5 Å². The first-order chi connectivity index (χ1) is 11.7. The van der Waals surface area contributed by atoms with Crippen molar-refractivity contribution in [1.82, 2.24) is 15.3 Å². The largest absolute Gasteiger partial charge is 0.352 e. The zero-order valence-electron chi connectivity index (χ0n) is 12.7. The summed E-state index contributed by atoms with van der Waals surface area (Å²) in [5.74, 6) is -0.0392. The fourth-order valence-corrected chi connectivity index (χ4v) is 4.23. The van der Waals surface area contributed by atoms with E-state index in [2.05, 4.69) is 15.3 Å². The zero-order chi connectivity index (χ0) is 16.5. The van der Waals surface area contributed by atoms with Gasteiger partial charge in [0.05, 0.1) is 5.39 Å². The molecule has 24 heavy (non-hydrogen) atoms. The third kappa shape index (κ3) is 3.22. The Labute approximate surface area is 146 Å². The molecule has 1 aromatic carbocycles. The van der Waals surface area contributed by atoms with E-state index in [4.69, 9.17) is 0 Å². The van der Waals surface area contributed by atoms with E-state index < -0.39 is 5.25 Å². The number of aromatic nitrogens is 2. The molecule has 7 heteroatoms. The quantitative estimate of drug-likeness (QED) is 0.543. The summed E-state index contributed by atoms with van der Waals surface area (Å²) in [7, 11) is 0. The summed E-state index contributed by atoms with van der Waals surface area (Å²) in [4.78, 5) is 32.7. The second-order valence-electron chi connectivity index (χ2n) is 5.70. The van der Waals surface area contributed by atoms with Gasteiger partial charge in [-0.3, -0.25) is 9.59 Å². The molecule has 1 amide bonds. The van der Waals surface area contributed by atoms with Crippen molar-refractivity contribution >= 4 is 39.2 Å². The zero-order valence-corrected chi connectivity index (χ0v) is 14.3. The van der Waals surface area contributed by atoms with Crippen LogP contribution in [0.4, 0.5) is 0 Å². The first-order valence-electron chi connectivity index (χ1n) is 7.70. The number of benzene rings is 1. The standard InChI is InChI=1S/C17H15N3O2S2/c21-14-12-8-9-23-16(12)20-17(19-14)24-13(10-4-2-1-3-5-10)15(22)18-11-6-7-11/h1-5,8-9,11,13H,6-7H2,(H,18,22)(H,19,20,21)/t13-/m0/s1. The van der Waals surface area contributed by atoms with Crippen LogP contribution in [0.3, 0.4) is 0 Å². The Kier molecular flexibility index (Phi) is 4.12. The summed E-state index contributed by atoms with van der Waals surface area (Å²) in [6.07, 6.45) is 2.07. The van der Waals surface area contributed by atoms with Crippen LogP contribution in [0.5, 0.6) is 0 Å². The molecule has 4 rings (SSSR count). The maximum atomic E-state index is 12.6. The van der Waals surface area contributed by atoms with Crippen LogP contribution in [0.1, 0.15) is 23.7 Å². The Balaban J connectivity index is 1.66. The molecule has 1 atom stereocenters. The number of fused-ring (bicyclic) bond motifs is 1. The Morgan fingerprint density at radius 1 is 1.29 bits per heavy atom. The smallest absolute Gasteiger partial charge is 0.260 e. The van der Waals surface area contributed by atoms with Crippen LogP contribution in [-0.4, -0.2) is 21.9 Å². The van der Waals surface area contributed by atoms with Gasteiger partial charge < -0.3 is 10.3 Å². The SMILES string of the molecule is O=C(NC1CC1)[C@@H](Sc1nc2sccc2c(=O)[nH]1)c1ccccc1. The van der Waals surface area contributed by atoms with Gasteiger partial charge in [-0.1, -0.05) is 42.1 Å². The minimum atomic E-state index is -0.438. The number of H-pyrrole nitrogens is 1. The molecule has 1 aliphatic carbocycles. The van der Waals surface area contributed by atoms with Crippen molar-refractivity contribution in [2.24, 2.45) is 0 Å². The van der Waals surface area contributed by atoms with Gasteiger partial charge in [0.25, 0.3) is 5.56 Å². The maximum Gasteiger partial charge on any atom is 0.260 e. The molecular formula is C17H15N3O2S2. The number of hydrogen-bond donors (Lipinski definition) is 2. The van der Waals surface area contributed by atoms with Crippen LogP contribution in [-0.2, 0) is 4.79 Å². The molecule has 0 aliphatic heterocycles. The third-order valence-electron chi connectivity index (χ3n) is 3.81. The summed E-state index contributed by atoms with van der Waals surface area (Å²) in [6.45, 7) is 0. The number of nitrogens with one attached hydrogen (secondary N) is 2. The number of carbonyl (C=O) groups excluding carboxylic acids is 1. The molecule has 122 valence electrons. The minimum Gasteiger partial charge on any atom is -0.352 e. The van der Waals surface area contributed by atoms with Crippen LogP contribution >= 0.6 is 23.1 Å². The molecule has 0 spiro atoms. The normalized spacial score (nSPS) is 15.3. The molecular weight excluding hydrogens is 342 g/mol. The highest BCUT2D eigenvalue weighted by molar-refractivity contribution is 8.00. The number of aromatic amines is 1. The summed E-state index contributed by atoms with van der Waals surface area (Å²) in [5.41, 5.74) is 0.729. The van der Waals surface area contributed by atoms with Crippen molar-refractivity contribution in [3.05, 3.63) is 57.7 Å². The second kappa shape index (κ2) is 6.41. The monoisotopic (exact) mass is 357 g/mol. The number of thioether (sulfide) groups is 1. The van der Waals surface area contributed by atoms with Crippen molar-refractivity contribution in [3.63, 3.8) is 0 Å². The average Bonchev–Trinajstić information content (AvgIpc) is 3.26. The van der Waals surface area contributed by atoms with Gasteiger partial charge in [-0.05, 0) is 29.9 Å². The van der Waals surface area contributed by atoms with Crippen molar-refractivity contribution in [1.29, 1.82) is 0 Å². The van der Waals surface area contributed by atoms with E-state index in [0.29, 0.717) is 15.4 Å². The lowest BCUT2D eigenvalue weighted by molar-refractivity contribution is -0.120. The minimum absolute atomic E-state index is 0.0392. The predicted molar refractivity (Wildman–Crippen MR) is 96.4 cm³/mol. The predicted octanol–water partition coefficient (Wildman–Crippen LogP) is 3.10. The number of hydrogen-bond acceptors (Lipinski definition) is 5. The van der Waals surface area contributed by atoms with E-state index in [0.717, 1.165) is 18.4 Å². The van der Waals surface area contributed by atoms with Gasteiger partial charge in [-0.25, -0.2) is 4.98 Å². The lowest BCUT2D eigenvalue weighted by Crippen LogP contribution is -2.30. The molecule has 3 aromatic rings. The molecule has 2 heterocycles. The molecule has 0 saturated heterocycles. The summed E-state index contributed by atoms with van der Waals surface area (Å²) < 4.78 is 0. The molecule has 1 aliphatic rings. The topological polar surface area (TPSA) is 74.8 Å². The Hall–Kier alpha value is -2.12. The lowest BCUT2D eigenvalue weighted by atomic mass is 10.1. The number of thiophene rings is 1. The maximum absolute atomic E-state index is 12.6. The van der Waals surface area contributed by atoms with E-state index in [9.17, 15) is 9.59 Å². The van der Waals surface area contributed by atoms with E-state index in [1.807, 2.05) is 35.7 Å². The highest BCUT2D eigenvalue weighted by Gasteiger charge is 2.29. The Morgan fingerprint density at radius 3 is 2.83 bits per heavy atom. The van der Waals surface area contributed by atoms with Gasteiger partial charge in [0.15, 0.2) is 5.16 Å². The van der Waals surface area contributed by atoms with Crippen LogP contribution in [0.25, 0.3) is 10.2 Å². The number of carbonyl (C=O) groups is 1. The first kappa shape index (κ1) is 15.4. The number of rotatable bonds is 5. The summed E-state index contributed by atoms with van der Waals surface area (Å²) >= 11 is 2.70. The summed E-state index contributed by atoms with van der Waals surface area (Å²) in [5, 5.41) is 5.50. The lowest BCUT2D eigenvalue weighted by Gasteiger charge is -2.16. The molecule has 0 bridgehead atoms. The highest BCUT2D eigenvalue weighted by Crippen LogP contribution is 2.35. The second-order valence-corrected chi connectivity index (χ2v) is 7.69. The third-order valence-corrected chi connectivity index (χ3v) is 5.75. The van der Waals surface area contributed by atoms with Gasteiger partial charge in [0.2, 0.25) is 5.91 Å². The fourth-order valence-electron chi connectivity index (χ4n) is 2.42. The van der Waals surface area contributed by atoms with E-state index in [1.165, 1.54) is 23.1 Å². The highest BCUT2D eigenvalue weighted by atomic mass is 32.2. The van der Waals surface area contributed by atoms with Crippen LogP contribution in [0.2, 0.25) is 0 Å².